The van der Waals surface area contributed by atoms with E-state index in [9.17, 15) is 18.0 Å². The van der Waals surface area contributed by atoms with E-state index < -0.39 is 17.2 Å². The van der Waals surface area contributed by atoms with Crippen molar-refractivity contribution < 1.29 is 18.0 Å². The average Bonchev–Trinajstić information content (AvgIpc) is 3.45. The SMILES string of the molecule is Cc1cccc(C2(C(=O)N3CCCC(c4nnc5ccc(C(F)(F)F)cn45)C3)CC2)c1. The summed E-state index contributed by atoms with van der Waals surface area (Å²) in [6.45, 7) is 3.13. The number of amides is 1. The first kappa shape index (κ1) is 20.0. The number of hydrogen-bond donors (Lipinski definition) is 0. The van der Waals surface area contributed by atoms with Crippen LogP contribution in [0.4, 0.5) is 13.2 Å². The second-order valence-electron chi connectivity index (χ2n) is 8.74. The number of pyridine rings is 1. The van der Waals surface area contributed by atoms with Crippen LogP contribution < -0.4 is 0 Å². The van der Waals surface area contributed by atoms with Crippen molar-refractivity contribution >= 4 is 11.6 Å². The Balaban J connectivity index is 1.42. The normalized spacial score (nSPS) is 20.8. The molecule has 1 unspecified atom stereocenters. The maximum absolute atomic E-state index is 13.5. The number of aromatic nitrogens is 3. The number of alkyl halides is 3. The lowest BCUT2D eigenvalue weighted by Crippen LogP contribution is -2.44. The zero-order chi connectivity index (χ0) is 21.8. The van der Waals surface area contributed by atoms with Crippen LogP contribution in [0.15, 0.2) is 42.6 Å². The number of carbonyl (C=O) groups is 1. The molecule has 0 spiro atoms. The smallest absolute Gasteiger partial charge is 0.341 e. The summed E-state index contributed by atoms with van der Waals surface area (Å²) in [5, 5.41) is 8.24. The van der Waals surface area contributed by atoms with Gasteiger partial charge in [-0.05, 0) is 50.3 Å². The van der Waals surface area contributed by atoms with Crippen molar-refractivity contribution in [1.82, 2.24) is 19.5 Å². The zero-order valence-corrected chi connectivity index (χ0v) is 17.2. The number of nitrogens with zero attached hydrogens (tertiary/aromatic N) is 4. The molecule has 3 heterocycles. The average molecular weight is 428 g/mol. The van der Waals surface area contributed by atoms with Crippen LogP contribution >= 0.6 is 0 Å². The van der Waals surface area contributed by atoms with E-state index >= 15 is 0 Å². The fourth-order valence-corrected chi connectivity index (χ4v) is 4.72. The van der Waals surface area contributed by atoms with Gasteiger partial charge in [-0.2, -0.15) is 13.2 Å². The summed E-state index contributed by atoms with van der Waals surface area (Å²) >= 11 is 0. The fourth-order valence-electron chi connectivity index (χ4n) is 4.72. The van der Waals surface area contributed by atoms with Gasteiger partial charge in [0.2, 0.25) is 5.91 Å². The van der Waals surface area contributed by atoms with Gasteiger partial charge >= 0.3 is 6.18 Å². The highest BCUT2D eigenvalue weighted by Gasteiger charge is 2.53. The minimum atomic E-state index is -4.43. The Morgan fingerprint density at radius 1 is 1.16 bits per heavy atom. The number of hydrogen-bond acceptors (Lipinski definition) is 3. The van der Waals surface area contributed by atoms with E-state index in [2.05, 4.69) is 16.3 Å². The summed E-state index contributed by atoms with van der Waals surface area (Å²) in [6.07, 6.45) is -0.165. The second kappa shape index (κ2) is 7.07. The number of halogens is 3. The molecule has 162 valence electrons. The van der Waals surface area contributed by atoms with Crippen LogP contribution in [-0.2, 0) is 16.4 Å². The predicted molar refractivity (Wildman–Crippen MR) is 109 cm³/mol. The van der Waals surface area contributed by atoms with Crippen LogP contribution in [0.5, 0.6) is 0 Å². The molecule has 0 N–H and O–H groups in total. The first-order chi connectivity index (χ1) is 14.8. The van der Waals surface area contributed by atoms with Gasteiger partial charge in [-0.3, -0.25) is 9.20 Å². The van der Waals surface area contributed by atoms with E-state index in [1.165, 1.54) is 10.5 Å². The summed E-state index contributed by atoms with van der Waals surface area (Å²) in [5.74, 6) is 0.455. The molecule has 1 saturated carbocycles. The number of piperidine rings is 1. The third kappa shape index (κ3) is 3.47. The molecule has 31 heavy (non-hydrogen) atoms. The Bertz CT molecular complexity index is 1150. The molecule has 1 saturated heterocycles. The molecule has 1 atom stereocenters. The van der Waals surface area contributed by atoms with Crippen molar-refractivity contribution in [3.63, 3.8) is 0 Å². The Morgan fingerprint density at radius 3 is 2.68 bits per heavy atom. The number of rotatable bonds is 3. The van der Waals surface area contributed by atoms with E-state index in [0.717, 1.165) is 49.1 Å². The highest BCUT2D eigenvalue weighted by Crippen LogP contribution is 2.50. The largest absolute Gasteiger partial charge is 0.417 e. The highest BCUT2D eigenvalue weighted by atomic mass is 19.4. The molecular weight excluding hydrogens is 405 g/mol. The van der Waals surface area contributed by atoms with E-state index in [4.69, 9.17) is 0 Å². The molecule has 2 aromatic heterocycles. The number of carbonyl (C=O) groups excluding carboxylic acids is 1. The topological polar surface area (TPSA) is 50.5 Å². The van der Waals surface area contributed by atoms with Crippen molar-refractivity contribution in [2.45, 2.75) is 50.1 Å². The van der Waals surface area contributed by atoms with E-state index in [1.807, 2.05) is 30.0 Å². The lowest BCUT2D eigenvalue weighted by molar-refractivity contribution is -0.138. The van der Waals surface area contributed by atoms with Crippen LogP contribution in [0.1, 0.15) is 54.1 Å². The maximum Gasteiger partial charge on any atom is 0.417 e. The first-order valence-corrected chi connectivity index (χ1v) is 10.6. The summed E-state index contributed by atoms with van der Waals surface area (Å²) in [6, 6.07) is 10.5. The Kier molecular flexibility index (Phi) is 4.57. The van der Waals surface area contributed by atoms with E-state index in [-0.39, 0.29) is 11.8 Å². The van der Waals surface area contributed by atoms with Gasteiger partial charge in [0.25, 0.3) is 0 Å². The lowest BCUT2D eigenvalue weighted by atomic mass is 9.90. The number of likely N-dealkylation sites (tertiary alicyclic amines) is 1. The van der Waals surface area contributed by atoms with Gasteiger partial charge in [0, 0.05) is 25.2 Å². The molecule has 2 fully saturated rings. The third-order valence-electron chi connectivity index (χ3n) is 6.56. The van der Waals surface area contributed by atoms with Crippen LogP contribution in [0.2, 0.25) is 0 Å². The van der Waals surface area contributed by atoms with Crippen LogP contribution in [0, 0.1) is 6.92 Å². The first-order valence-electron chi connectivity index (χ1n) is 10.6. The van der Waals surface area contributed by atoms with Gasteiger partial charge in [0.1, 0.15) is 5.82 Å². The Labute approximate surface area is 177 Å². The summed E-state index contributed by atoms with van der Waals surface area (Å²) in [4.78, 5) is 15.4. The summed E-state index contributed by atoms with van der Waals surface area (Å²) < 4.78 is 41.0. The monoisotopic (exact) mass is 428 g/mol. The van der Waals surface area contributed by atoms with Gasteiger partial charge in [-0.1, -0.05) is 29.8 Å². The van der Waals surface area contributed by atoms with Gasteiger partial charge in [0.05, 0.1) is 11.0 Å². The van der Waals surface area contributed by atoms with E-state index in [1.54, 1.807) is 0 Å². The van der Waals surface area contributed by atoms with Crippen LogP contribution in [0.25, 0.3) is 5.65 Å². The molecule has 2 aliphatic rings. The van der Waals surface area contributed by atoms with Crippen molar-refractivity contribution in [3.05, 3.63) is 65.1 Å². The molecule has 1 aromatic carbocycles. The molecule has 5 nitrogen and oxygen atoms in total. The number of aryl methyl sites for hydroxylation is 1. The van der Waals surface area contributed by atoms with Crippen molar-refractivity contribution in [2.24, 2.45) is 0 Å². The quantitative estimate of drug-likeness (QED) is 0.618. The standard InChI is InChI=1S/C23H23F3N4O/c1-15-4-2-6-17(12-15)22(9-10-22)21(31)29-11-3-5-16(13-29)20-28-27-19-8-7-18(14-30(19)20)23(24,25)26/h2,4,6-8,12,14,16H,3,5,9-11,13H2,1H3. The molecule has 0 radical (unpaired) electrons. The molecular formula is C23H23F3N4O. The Morgan fingerprint density at radius 2 is 1.97 bits per heavy atom. The van der Waals surface area contributed by atoms with Crippen LogP contribution in [-0.4, -0.2) is 38.5 Å². The zero-order valence-electron chi connectivity index (χ0n) is 17.2. The van der Waals surface area contributed by atoms with Crippen LogP contribution in [0.3, 0.4) is 0 Å². The predicted octanol–water partition coefficient (Wildman–Crippen LogP) is 4.49. The minimum Gasteiger partial charge on any atom is -0.341 e. The fraction of sp³-hybridized carbons (Fsp3) is 0.435. The van der Waals surface area contributed by atoms with Crippen molar-refractivity contribution in [3.8, 4) is 0 Å². The second-order valence-corrected chi connectivity index (χ2v) is 8.74. The molecule has 1 amide bonds. The maximum atomic E-state index is 13.5. The van der Waals surface area contributed by atoms with Crippen molar-refractivity contribution in [2.75, 3.05) is 13.1 Å². The molecule has 8 heteroatoms. The molecule has 0 bridgehead atoms. The highest BCUT2D eigenvalue weighted by molar-refractivity contribution is 5.91. The van der Waals surface area contributed by atoms with E-state index in [0.29, 0.717) is 24.6 Å². The summed E-state index contributed by atoms with van der Waals surface area (Å²) in [7, 11) is 0. The summed E-state index contributed by atoms with van der Waals surface area (Å²) in [5.41, 5.74) is 1.38. The minimum absolute atomic E-state index is 0.118. The number of benzene rings is 1. The van der Waals surface area contributed by atoms with Crippen molar-refractivity contribution in [1.29, 1.82) is 0 Å². The lowest BCUT2D eigenvalue weighted by Gasteiger charge is -2.34. The molecule has 1 aliphatic heterocycles. The van der Waals surface area contributed by atoms with Gasteiger partial charge in [0.15, 0.2) is 5.65 Å². The Hall–Kier alpha value is -2.90. The molecule has 5 rings (SSSR count). The molecule has 3 aromatic rings. The third-order valence-corrected chi connectivity index (χ3v) is 6.56. The molecule has 1 aliphatic carbocycles. The van der Waals surface area contributed by atoms with Gasteiger partial charge in [-0.15, -0.1) is 10.2 Å². The van der Waals surface area contributed by atoms with Gasteiger partial charge < -0.3 is 4.90 Å². The van der Waals surface area contributed by atoms with Gasteiger partial charge in [-0.25, -0.2) is 0 Å². The number of fused-ring (bicyclic) bond motifs is 1.